The third kappa shape index (κ3) is 5.20. The largest absolute Gasteiger partial charge is 0.356 e. The Bertz CT molecular complexity index is 906. The number of rotatable bonds is 7. The van der Waals surface area contributed by atoms with Crippen LogP contribution in [0.5, 0.6) is 0 Å². The average molecular weight is 434 g/mol. The topological polar surface area (TPSA) is 62.3 Å². The van der Waals surface area contributed by atoms with Gasteiger partial charge in [0.05, 0.1) is 5.41 Å². The van der Waals surface area contributed by atoms with Gasteiger partial charge in [-0.1, -0.05) is 37.1 Å². The molecule has 1 saturated heterocycles. The maximum absolute atomic E-state index is 13.3. The van der Waals surface area contributed by atoms with Crippen LogP contribution in [0.3, 0.4) is 0 Å². The lowest BCUT2D eigenvalue weighted by molar-refractivity contribution is -0.142. The summed E-state index contributed by atoms with van der Waals surface area (Å²) >= 11 is 0. The van der Waals surface area contributed by atoms with Crippen LogP contribution < -0.4 is 5.32 Å². The average Bonchev–Trinajstić information content (AvgIpc) is 3.33. The smallest absolute Gasteiger partial charge is 0.228 e. The quantitative estimate of drug-likeness (QED) is 0.693. The minimum atomic E-state index is -0.558. The molecule has 170 valence electrons. The second kappa shape index (κ2) is 10.3. The van der Waals surface area contributed by atoms with Crippen molar-refractivity contribution >= 4 is 11.8 Å². The van der Waals surface area contributed by atoms with Gasteiger partial charge >= 0.3 is 0 Å². The van der Waals surface area contributed by atoms with Crippen LogP contribution in [0.2, 0.25) is 0 Å². The number of likely N-dealkylation sites (tertiary alicyclic amines) is 1. The molecule has 2 fully saturated rings. The lowest BCUT2D eigenvalue weighted by Gasteiger charge is -2.42. The van der Waals surface area contributed by atoms with Crippen LogP contribution in [0.25, 0.3) is 11.1 Å². The number of nitrogens with zero attached hydrogens (tertiary/aromatic N) is 2. The second-order valence-corrected chi connectivity index (χ2v) is 9.52. The van der Waals surface area contributed by atoms with Gasteiger partial charge in [0.25, 0.3) is 0 Å². The third-order valence-corrected chi connectivity index (χ3v) is 7.20. The Balaban J connectivity index is 1.50. The highest BCUT2D eigenvalue weighted by molar-refractivity contribution is 5.85. The molecule has 1 saturated carbocycles. The summed E-state index contributed by atoms with van der Waals surface area (Å²) in [5.41, 5.74) is 2.85. The molecule has 1 atom stereocenters. The van der Waals surface area contributed by atoms with Gasteiger partial charge in [-0.2, -0.15) is 0 Å². The zero-order valence-electron chi connectivity index (χ0n) is 19.2. The summed E-state index contributed by atoms with van der Waals surface area (Å²) in [6, 6.07) is 12.5. The summed E-state index contributed by atoms with van der Waals surface area (Å²) in [6.45, 7) is 3.86. The van der Waals surface area contributed by atoms with Crippen LogP contribution in [0.4, 0.5) is 0 Å². The minimum absolute atomic E-state index is 0.0802. The van der Waals surface area contributed by atoms with Crippen molar-refractivity contribution in [2.24, 2.45) is 11.3 Å². The number of benzene rings is 1. The van der Waals surface area contributed by atoms with Crippen molar-refractivity contribution in [1.29, 1.82) is 0 Å². The van der Waals surface area contributed by atoms with Gasteiger partial charge in [-0.25, -0.2) is 0 Å². The van der Waals surface area contributed by atoms with Gasteiger partial charge in [0.1, 0.15) is 0 Å². The molecule has 2 heterocycles. The first-order valence-electron chi connectivity index (χ1n) is 12.1. The monoisotopic (exact) mass is 433 g/mol. The highest BCUT2D eigenvalue weighted by Crippen LogP contribution is 2.36. The molecule has 2 aromatic rings. The van der Waals surface area contributed by atoms with Crippen molar-refractivity contribution in [1.82, 2.24) is 15.2 Å². The molecule has 4 rings (SSSR count). The number of aromatic nitrogens is 1. The van der Waals surface area contributed by atoms with E-state index in [9.17, 15) is 9.59 Å². The van der Waals surface area contributed by atoms with Gasteiger partial charge in [-0.15, -0.1) is 0 Å². The molecule has 32 heavy (non-hydrogen) atoms. The third-order valence-electron chi connectivity index (χ3n) is 7.20. The molecule has 0 radical (unpaired) electrons. The van der Waals surface area contributed by atoms with Gasteiger partial charge in [-0.05, 0) is 73.8 Å². The molecule has 1 N–H and O–H groups in total. The normalized spacial score (nSPS) is 21.5. The van der Waals surface area contributed by atoms with Crippen LogP contribution in [0, 0.1) is 11.3 Å². The fourth-order valence-electron chi connectivity index (χ4n) is 5.44. The highest BCUT2D eigenvalue weighted by atomic mass is 16.2. The van der Waals surface area contributed by atoms with Crippen molar-refractivity contribution in [2.45, 2.75) is 58.3 Å². The summed E-state index contributed by atoms with van der Waals surface area (Å²) in [6.07, 6.45) is 11.4. The SMILES string of the molecule is CCNC(=O)[C@@]1(Cc2ccc(-c3ccncc3)cc2)CCCN(C(=O)CC2CCCC2)C1. The summed E-state index contributed by atoms with van der Waals surface area (Å²) in [7, 11) is 0. The molecule has 0 spiro atoms. The van der Waals surface area contributed by atoms with Gasteiger partial charge in [0, 0.05) is 38.4 Å². The first-order chi connectivity index (χ1) is 15.6. The molecule has 1 aliphatic heterocycles. The van der Waals surface area contributed by atoms with Crippen LogP contribution in [0.1, 0.15) is 57.4 Å². The first kappa shape index (κ1) is 22.5. The molecular formula is C27H35N3O2. The minimum Gasteiger partial charge on any atom is -0.356 e. The van der Waals surface area contributed by atoms with Gasteiger partial charge in [-0.3, -0.25) is 14.6 Å². The maximum Gasteiger partial charge on any atom is 0.228 e. The van der Waals surface area contributed by atoms with E-state index in [4.69, 9.17) is 0 Å². The zero-order chi connectivity index (χ0) is 22.4. The molecule has 1 aliphatic carbocycles. The summed E-state index contributed by atoms with van der Waals surface area (Å²) in [5, 5.41) is 3.06. The Morgan fingerprint density at radius 2 is 1.72 bits per heavy atom. The summed E-state index contributed by atoms with van der Waals surface area (Å²) in [5.74, 6) is 0.846. The van der Waals surface area contributed by atoms with Crippen molar-refractivity contribution in [3.63, 3.8) is 0 Å². The molecule has 0 unspecified atom stereocenters. The van der Waals surface area contributed by atoms with Crippen molar-refractivity contribution in [2.75, 3.05) is 19.6 Å². The first-order valence-corrected chi connectivity index (χ1v) is 12.1. The van der Waals surface area contributed by atoms with E-state index >= 15 is 0 Å². The van der Waals surface area contributed by atoms with E-state index in [-0.39, 0.29) is 11.8 Å². The van der Waals surface area contributed by atoms with Gasteiger partial charge in [0.2, 0.25) is 11.8 Å². The fraction of sp³-hybridized carbons (Fsp3) is 0.519. The Kier molecular flexibility index (Phi) is 7.23. The highest BCUT2D eigenvalue weighted by Gasteiger charge is 2.43. The number of pyridine rings is 1. The number of hydrogen-bond donors (Lipinski definition) is 1. The molecule has 2 aliphatic rings. The van der Waals surface area contributed by atoms with Crippen LogP contribution in [-0.2, 0) is 16.0 Å². The number of piperidine rings is 1. The lowest BCUT2D eigenvalue weighted by atomic mass is 9.74. The zero-order valence-corrected chi connectivity index (χ0v) is 19.2. The Morgan fingerprint density at radius 3 is 2.41 bits per heavy atom. The van der Waals surface area contributed by atoms with E-state index in [1.807, 2.05) is 24.0 Å². The number of nitrogens with one attached hydrogen (secondary N) is 1. The van der Waals surface area contributed by atoms with Crippen LogP contribution in [-0.4, -0.2) is 41.3 Å². The number of carbonyl (C=O) groups is 2. The van der Waals surface area contributed by atoms with E-state index < -0.39 is 5.41 Å². The standard InChI is InChI=1S/C27H35N3O2/c1-2-29-26(32)27(14-5-17-30(20-27)25(31)18-21-6-3-4-7-21)19-22-8-10-23(11-9-22)24-12-15-28-16-13-24/h8-13,15-16,21H,2-7,14,17-20H2,1H3,(H,29,32)/t27-/m1/s1. The Hall–Kier alpha value is -2.69. The number of hydrogen-bond acceptors (Lipinski definition) is 3. The molecule has 0 bridgehead atoms. The molecule has 1 aromatic carbocycles. The van der Waals surface area contributed by atoms with Crippen molar-refractivity contribution in [3.8, 4) is 11.1 Å². The van der Waals surface area contributed by atoms with E-state index in [1.54, 1.807) is 12.4 Å². The van der Waals surface area contributed by atoms with Crippen LogP contribution >= 0.6 is 0 Å². The second-order valence-electron chi connectivity index (χ2n) is 9.52. The van der Waals surface area contributed by atoms with Crippen LogP contribution in [0.15, 0.2) is 48.8 Å². The van der Waals surface area contributed by atoms with E-state index in [1.165, 1.54) is 25.7 Å². The molecule has 2 amide bonds. The summed E-state index contributed by atoms with van der Waals surface area (Å²) in [4.78, 5) is 32.4. The van der Waals surface area contributed by atoms with Crippen molar-refractivity contribution in [3.05, 3.63) is 54.4 Å². The Morgan fingerprint density at radius 1 is 1.03 bits per heavy atom. The van der Waals surface area contributed by atoms with E-state index in [0.717, 1.165) is 36.1 Å². The summed E-state index contributed by atoms with van der Waals surface area (Å²) < 4.78 is 0. The van der Waals surface area contributed by atoms with Gasteiger partial charge < -0.3 is 10.2 Å². The lowest BCUT2D eigenvalue weighted by Crippen LogP contribution is -2.54. The molecule has 5 nitrogen and oxygen atoms in total. The molecule has 5 heteroatoms. The number of amides is 2. The molecular weight excluding hydrogens is 398 g/mol. The van der Waals surface area contributed by atoms with E-state index in [0.29, 0.717) is 31.8 Å². The maximum atomic E-state index is 13.3. The van der Waals surface area contributed by atoms with E-state index in [2.05, 4.69) is 34.6 Å². The van der Waals surface area contributed by atoms with Gasteiger partial charge in [0.15, 0.2) is 0 Å². The predicted molar refractivity (Wildman–Crippen MR) is 127 cm³/mol. The molecule has 1 aromatic heterocycles. The predicted octanol–water partition coefficient (Wildman–Crippen LogP) is 4.62. The fourth-order valence-corrected chi connectivity index (χ4v) is 5.44. The number of carbonyl (C=O) groups excluding carboxylic acids is 2. The Labute approximate surface area is 191 Å². The van der Waals surface area contributed by atoms with Crippen molar-refractivity contribution < 1.29 is 9.59 Å².